The van der Waals surface area contributed by atoms with E-state index in [2.05, 4.69) is 12.2 Å². The number of phenolic OH excluding ortho intramolecular Hbond substituents is 1. The number of hydrogen-bond acceptors (Lipinski definition) is 3. The number of phenols is 1. The molecule has 1 amide bonds. The summed E-state index contributed by atoms with van der Waals surface area (Å²) in [5.74, 6) is 1.52. The van der Waals surface area contributed by atoms with Gasteiger partial charge in [-0.05, 0) is 30.9 Å². The van der Waals surface area contributed by atoms with Crippen LogP contribution in [0.25, 0.3) is 0 Å². The van der Waals surface area contributed by atoms with Gasteiger partial charge in [-0.25, -0.2) is 0 Å². The molecule has 94 valence electrons. The molecule has 0 saturated heterocycles. The Morgan fingerprint density at radius 2 is 2.29 bits per heavy atom. The summed E-state index contributed by atoms with van der Waals surface area (Å²) in [5, 5.41) is 12.8. The zero-order valence-electron chi connectivity index (χ0n) is 9.87. The fourth-order valence-electron chi connectivity index (χ4n) is 1.33. The van der Waals surface area contributed by atoms with E-state index in [0.717, 1.165) is 11.5 Å². The molecule has 1 aromatic rings. The molecule has 0 aliphatic carbocycles. The largest absolute Gasteiger partial charge is 0.507 e. The van der Waals surface area contributed by atoms with Crippen molar-refractivity contribution in [3.63, 3.8) is 0 Å². The lowest BCUT2D eigenvalue weighted by Gasteiger charge is -2.13. The molecule has 3 nitrogen and oxygen atoms in total. The van der Waals surface area contributed by atoms with Crippen LogP contribution in [0, 0.1) is 0 Å². The third-order valence-corrected chi connectivity index (χ3v) is 3.53. The molecule has 1 aromatic carbocycles. The van der Waals surface area contributed by atoms with Crippen molar-refractivity contribution in [2.75, 3.05) is 11.5 Å². The highest BCUT2D eigenvalue weighted by atomic mass is 35.5. The highest BCUT2D eigenvalue weighted by Gasteiger charge is 2.13. The molecule has 1 unspecified atom stereocenters. The van der Waals surface area contributed by atoms with Crippen molar-refractivity contribution >= 4 is 29.3 Å². The maximum Gasteiger partial charge on any atom is 0.255 e. The number of amides is 1. The van der Waals surface area contributed by atoms with Gasteiger partial charge in [0.25, 0.3) is 5.91 Å². The van der Waals surface area contributed by atoms with E-state index >= 15 is 0 Å². The average Bonchev–Trinajstić information content (AvgIpc) is 2.29. The van der Waals surface area contributed by atoms with E-state index in [1.165, 1.54) is 12.1 Å². The first-order valence-electron chi connectivity index (χ1n) is 5.41. The summed E-state index contributed by atoms with van der Waals surface area (Å²) < 4.78 is 0. The van der Waals surface area contributed by atoms with Gasteiger partial charge in [-0.2, -0.15) is 11.8 Å². The number of carbonyl (C=O) groups excluding carboxylic acids is 1. The fraction of sp³-hybridized carbons (Fsp3) is 0.417. The molecule has 0 heterocycles. The molecule has 0 aliphatic heterocycles. The topological polar surface area (TPSA) is 49.3 Å². The van der Waals surface area contributed by atoms with Gasteiger partial charge in [0.15, 0.2) is 0 Å². The van der Waals surface area contributed by atoms with Gasteiger partial charge in [0.1, 0.15) is 5.75 Å². The number of benzene rings is 1. The molecule has 17 heavy (non-hydrogen) atoms. The average molecular weight is 274 g/mol. The van der Waals surface area contributed by atoms with Crippen LogP contribution < -0.4 is 5.32 Å². The van der Waals surface area contributed by atoms with Crippen LogP contribution in [0.1, 0.15) is 24.2 Å². The molecule has 0 fully saturated rings. The third kappa shape index (κ3) is 4.48. The van der Waals surface area contributed by atoms with Crippen LogP contribution >= 0.6 is 23.4 Å². The molecule has 2 N–H and O–H groups in total. The Bertz CT molecular complexity index is 398. The van der Waals surface area contributed by atoms with Crippen molar-refractivity contribution in [3.05, 3.63) is 28.8 Å². The second-order valence-corrected chi connectivity index (χ2v) is 5.45. The zero-order chi connectivity index (χ0) is 12.8. The van der Waals surface area contributed by atoms with Crippen LogP contribution in [-0.2, 0) is 0 Å². The van der Waals surface area contributed by atoms with Crippen LogP contribution in [0.15, 0.2) is 18.2 Å². The lowest BCUT2D eigenvalue weighted by atomic mass is 10.2. The molecule has 1 rings (SSSR count). The van der Waals surface area contributed by atoms with Gasteiger partial charge in [0.2, 0.25) is 0 Å². The molecule has 1 atom stereocenters. The number of carbonyl (C=O) groups is 1. The van der Waals surface area contributed by atoms with Crippen LogP contribution in [-0.4, -0.2) is 28.6 Å². The van der Waals surface area contributed by atoms with E-state index < -0.39 is 0 Å². The molecule has 0 saturated carbocycles. The van der Waals surface area contributed by atoms with Crippen molar-refractivity contribution in [2.45, 2.75) is 19.9 Å². The van der Waals surface area contributed by atoms with Crippen LogP contribution in [0.4, 0.5) is 0 Å². The van der Waals surface area contributed by atoms with E-state index in [1.54, 1.807) is 17.8 Å². The quantitative estimate of drug-likeness (QED) is 0.867. The van der Waals surface area contributed by atoms with Crippen molar-refractivity contribution in [1.82, 2.24) is 5.32 Å². The monoisotopic (exact) mass is 273 g/mol. The minimum absolute atomic E-state index is 0.0535. The van der Waals surface area contributed by atoms with Crippen LogP contribution in [0.5, 0.6) is 5.75 Å². The van der Waals surface area contributed by atoms with Crippen LogP contribution in [0.3, 0.4) is 0 Å². The van der Waals surface area contributed by atoms with Crippen molar-refractivity contribution in [2.24, 2.45) is 0 Å². The summed E-state index contributed by atoms with van der Waals surface area (Å²) in [4.78, 5) is 11.9. The van der Waals surface area contributed by atoms with Gasteiger partial charge >= 0.3 is 0 Å². The minimum atomic E-state index is -0.297. The van der Waals surface area contributed by atoms with Gasteiger partial charge in [0, 0.05) is 16.8 Å². The number of halogens is 1. The van der Waals surface area contributed by atoms with Gasteiger partial charge in [0.05, 0.1) is 5.56 Å². The van der Waals surface area contributed by atoms with Crippen molar-refractivity contribution < 1.29 is 9.90 Å². The van der Waals surface area contributed by atoms with Gasteiger partial charge in [-0.3, -0.25) is 4.79 Å². The SMILES string of the molecule is CCSCC(C)NC(=O)c1cc(Cl)ccc1O. The summed E-state index contributed by atoms with van der Waals surface area (Å²) >= 11 is 7.54. The lowest BCUT2D eigenvalue weighted by Crippen LogP contribution is -2.34. The van der Waals surface area contributed by atoms with Crippen molar-refractivity contribution in [1.29, 1.82) is 0 Å². The summed E-state index contributed by atoms with van der Waals surface area (Å²) in [7, 11) is 0. The Kier molecular flexibility index (Phi) is 5.65. The third-order valence-electron chi connectivity index (χ3n) is 2.15. The highest BCUT2D eigenvalue weighted by molar-refractivity contribution is 7.99. The normalized spacial score (nSPS) is 12.2. The van der Waals surface area contributed by atoms with Gasteiger partial charge in [-0.15, -0.1) is 0 Å². The molecular weight excluding hydrogens is 258 g/mol. The summed E-state index contributed by atoms with van der Waals surface area (Å²) in [5.41, 5.74) is 0.214. The first-order chi connectivity index (χ1) is 8.04. The van der Waals surface area contributed by atoms with E-state index in [-0.39, 0.29) is 23.3 Å². The first-order valence-corrected chi connectivity index (χ1v) is 6.95. The number of aromatic hydroxyl groups is 1. The fourth-order valence-corrected chi connectivity index (χ4v) is 2.17. The Morgan fingerprint density at radius 3 is 2.94 bits per heavy atom. The first kappa shape index (κ1) is 14.2. The molecular formula is C12H16ClNO2S. The predicted octanol–water partition coefficient (Wildman–Crippen LogP) is 2.92. The molecule has 0 bridgehead atoms. The number of rotatable bonds is 5. The standard InChI is InChI=1S/C12H16ClNO2S/c1-3-17-7-8(2)14-12(16)10-6-9(13)4-5-11(10)15/h4-6,8,15H,3,7H2,1-2H3,(H,14,16). The molecule has 0 aromatic heterocycles. The smallest absolute Gasteiger partial charge is 0.255 e. The Labute approximate surface area is 111 Å². The summed E-state index contributed by atoms with van der Waals surface area (Å²) in [6.07, 6.45) is 0. The zero-order valence-corrected chi connectivity index (χ0v) is 11.4. The van der Waals surface area contributed by atoms with Crippen molar-refractivity contribution in [3.8, 4) is 5.75 Å². The lowest BCUT2D eigenvalue weighted by molar-refractivity contribution is 0.0941. The van der Waals surface area contributed by atoms with E-state index in [1.807, 2.05) is 6.92 Å². The highest BCUT2D eigenvalue weighted by Crippen LogP contribution is 2.21. The predicted molar refractivity (Wildman–Crippen MR) is 73.0 cm³/mol. The number of nitrogens with one attached hydrogen (secondary N) is 1. The second-order valence-electron chi connectivity index (χ2n) is 3.70. The molecule has 0 radical (unpaired) electrons. The molecule has 5 heteroatoms. The molecule has 0 spiro atoms. The number of hydrogen-bond donors (Lipinski definition) is 2. The maximum atomic E-state index is 11.9. The van der Waals surface area contributed by atoms with Crippen LogP contribution in [0.2, 0.25) is 5.02 Å². The number of thioether (sulfide) groups is 1. The van der Waals surface area contributed by atoms with Gasteiger partial charge < -0.3 is 10.4 Å². The second kappa shape index (κ2) is 6.77. The van der Waals surface area contributed by atoms with E-state index in [9.17, 15) is 9.90 Å². The Hall–Kier alpha value is -0.870. The minimum Gasteiger partial charge on any atom is -0.507 e. The Balaban J connectivity index is 2.66. The molecule has 0 aliphatic rings. The maximum absolute atomic E-state index is 11.9. The van der Waals surface area contributed by atoms with E-state index in [4.69, 9.17) is 11.6 Å². The Morgan fingerprint density at radius 1 is 1.59 bits per heavy atom. The van der Waals surface area contributed by atoms with E-state index in [0.29, 0.717) is 5.02 Å². The van der Waals surface area contributed by atoms with Gasteiger partial charge in [-0.1, -0.05) is 18.5 Å². The summed E-state index contributed by atoms with van der Waals surface area (Å²) in [6, 6.07) is 4.49. The summed E-state index contributed by atoms with van der Waals surface area (Å²) in [6.45, 7) is 4.00.